The fourth-order valence-electron chi connectivity index (χ4n) is 1.87. The lowest BCUT2D eigenvalue weighted by molar-refractivity contribution is -0.147. The van der Waals surface area contributed by atoms with Crippen molar-refractivity contribution in [3.05, 3.63) is 0 Å². The van der Waals surface area contributed by atoms with Gasteiger partial charge in [-0.25, -0.2) is 0 Å². The summed E-state index contributed by atoms with van der Waals surface area (Å²) in [5.74, 6) is -0.276. The molecule has 0 fully saturated rings. The molecule has 0 bridgehead atoms. The summed E-state index contributed by atoms with van der Waals surface area (Å²) in [6, 6.07) is 0. The largest absolute Gasteiger partial charge is 0.463 e. The van der Waals surface area contributed by atoms with Crippen LogP contribution in [-0.4, -0.2) is 46.7 Å². The Bertz CT molecular complexity index is 232. The molecule has 0 aromatic rings. The molecular weight excluding hydrogens is 260 g/mol. The highest BCUT2D eigenvalue weighted by Gasteiger charge is 2.11. The summed E-state index contributed by atoms with van der Waals surface area (Å²) in [6.45, 7) is 1.82. The van der Waals surface area contributed by atoms with Gasteiger partial charge in [-0.1, -0.05) is 39.0 Å². The number of aliphatic hydroxyl groups excluding tert-OH is 3. The van der Waals surface area contributed by atoms with E-state index in [4.69, 9.17) is 14.9 Å². The average molecular weight is 290 g/mol. The predicted octanol–water partition coefficient (Wildman–Crippen LogP) is 1.77. The summed E-state index contributed by atoms with van der Waals surface area (Å²) in [5.41, 5.74) is 0. The number of aliphatic hydroxyl groups is 3. The number of rotatable bonds is 13. The van der Waals surface area contributed by atoms with Gasteiger partial charge in [0.15, 0.2) is 0 Å². The fraction of sp³-hybridized carbons (Fsp3) is 0.933. The number of esters is 1. The zero-order valence-electron chi connectivity index (χ0n) is 12.6. The average Bonchev–Trinajstić information content (AvgIpc) is 2.46. The highest BCUT2D eigenvalue weighted by Crippen LogP contribution is 2.08. The zero-order valence-corrected chi connectivity index (χ0v) is 12.6. The van der Waals surface area contributed by atoms with Crippen LogP contribution in [0.2, 0.25) is 0 Å². The molecule has 0 unspecified atom stereocenters. The Kier molecular flexibility index (Phi) is 12.9. The number of ether oxygens (including phenoxy) is 1. The van der Waals surface area contributed by atoms with Crippen molar-refractivity contribution in [1.29, 1.82) is 0 Å². The van der Waals surface area contributed by atoms with Crippen LogP contribution in [0.5, 0.6) is 0 Å². The molecule has 0 heterocycles. The third-order valence-electron chi connectivity index (χ3n) is 3.22. The van der Waals surface area contributed by atoms with Gasteiger partial charge in [0.05, 0.1) is 18.8 Å². The van der Waals surface area contributed by atoms with Crippen LogP contribution in [0.4, 0.5) is 0 Å². The van der Waals surface area contributed by atoms with E-state index in [-0.39, 0.29) is 19.2 Å². The van der Waals surface area contributed by atoms with Gasteiger partial charge in [0.1, 0.15) is 6.61 Å². The van der Waals surface area contributed by atoms with Crippen LogP contribution in [-0.2, 0) is 9.53 Å². The lowest BCUT2D eigenvalue weighted by Crippen LogP contribution is -2.21. The maximum absolute atomic E-state index is 11.4. The first-order valence-electron chi connectivity index (χ1n) is 7.72. The number of carbonyl (C=O) groups excluding carboxylic acids is 1. The van der Waals surface area contributed by atoms with Crippen molar-refractivity contribution in [2.24, 2.45) is 0 Å². The summed E-state index contributed by atoms with van der Waals surface area (Å²) >= 11 is 0. The van der Waals surface area contributed by atoms with E-state index in [0.29, 0.717) is 19.3 Å². The number of hydrogen-bond donors (Lipinski definition) is 3. The summed E-state index contributed by atoms with van der Waals surface area (Å²) < 4.78 is 4.96. The normalized spacial score (nSPS) is 14.0. The van der Waals surface area contributed by atoms with E-state index in [2.05, 4.69) is 6.92 Å². The first-order valence-corrected chi connectivity index (χ1v) is 7.72. The Morgan fingerprint density at radius 2 is 1.60 bits per heavy atom. The van der Waals surface area contributed by atoms with Crippen molar-refractivity contribution in [3.63, 3.8) is 0 Å². The Labute approximate surface area is 122 Å². The van der Waals surface area contributed by atoms with E-state index < -0.39 is 12.2 Å². The minimum absolute atomic E-state index is 0.0349. The monoisotopic (exact) mass is 290 g/mol. The van der Waals surface area contributed by atoms with Gasteiger partial charge in [-0.05, 0) is 19.3 Å². The van der Waals surface area contributed by atoms with Crippen molar-refractivity contribution < 1.29 is 24.9 Å². The second-order valence-corrected chi connectivity index (χ2v) is 5.27. The minimum Gasteiger partial charge on any atom is -0.463 e. The third kappa shape index (κ3) is 12.4. The molecule has 0 saturated carbocycles. The lowest BCUT2D eigenvalue weighted by atomic mass is 10.1. The summed E-state index contributed by atoms with van der Waals surface area (Å²) in [5, 5.41) is 27.3. The molecule has 0 aliphatic heterocycles. The minimum atomic E-state index is -0.816. The van der Waals surface area contributed by atoms with Crippen molar-refractivity contribution >= 4 is 5.97 Å². The van der Waals surface area contributed by atoms with Crippen LogP contribution in [0.25, 0.3) is 0 Å². The first kappa shape index (κ1) is 19.4. The first-order chi connectivity index (χ1) is 9.60. The van der Waals surface area contributed by atoms with Gasteiger partial charge in [-0.3, -0.25) is 4.79 Å². The molecule has 0 amide bonds. The van der Waals surface area contributed by atoms with Crippen LogP contribution in [0.3, 0.4) is 0 Å². The SMILES string of the molecule is CCCCCCCCC(=O)OC[C@@H](O)CC[C@@H](O)CO. The van der Waals surface area contributed by atoms with Gasteiger partial charge in [0.25, 0.3) is 0 Å². The molecule has 5 nitrogen and oxygen atoms in total. The molecule has 0 radical (unpaired) electrons. The van der Waals surface area contributed by atoms with Crippen molar-refractivity contribution in [2.75, 3.05) is 13.2 Å². The second-order valence-electron chi connectivity index (χ2n) is 5.27. The van der Waals surface area contributed by atoms with Crippen molar-refractivity contribution in [3.8, 4) is 0 Å². The highest BCUT2D eigenvalue weighted by molar-refractivity contribution is 5.69. The van der Waals surface area contributed by atoms with Crippen LogP contribution >= 0.6 is 0 Å². The van der Waals surface area contributed by atoms with E-state index in [9.17, 15) is 9.90 Å². The van der Waals surface area contributed by atoms with Crippen molar-refractivity contribution in [2.45, 2.75) is 76.9 Å². The molecule has 0 aromatic carbocycles. The molecule has 3 N–H and O–H groups in total. The third-order valence-corrected chi connectivity index (χ3v) is 3.22. The molecular formula is C15H30O5. The maximum Gasteiger partial charge on any atom is 0.305 e. The molecule has 0 aliphatic rings. The van der Waals surface area contributed by atoms with Crippen LogP contribution in [0.15, 0.2) is 0 Å². The summed E-state index contributed by atoms with van der Waals surface area (Å²) in [4.78, 5) is 11.4. The van der Waals surface area contributed by atoms with E-state index >= 15 is 0 Å². The van der Waals surface area contributed by atoms with Gasteiger partial charge in [0, 0.05) is 6.42 Å². The molecule has 0 aliphatic carbocycles. The van der Waals surface area contributed by atoms with Gasteiger partial charge in [0.2, 0.25) is 0 Å². The quantitative estimate of drug-likeness (QED) is 0.355. The Hall–Kier alpha value is -0.650. The number of hydrogen-bond acceptors (Lipinski definition) is 5. The summed E-state index contributed by atoms with van der Waals surface area (Å²) in [7, 11) is 0. The Morgan fingerprint density at radius 3 is 2.25 bits per heavy atom. The molecule has 0 aromatic heterocycles. The Morgan fingerprint density at radius 1 is 1.00 bits per heavy atom. The van der Waals surface area contributed by atoms with E-state index in [1.807, 2.05) is 0 Å². The smallest absolute Gasteiger partial charge is 0.305 e. The van der Waals surface area contributed by atoms with Crippen LogP contribution < -0.4 is 0 Å². The summed E-state index contributed by atoms with van der Waals surface area (Å²) in [6.07, 6.45) is 6.13. The highest BCUT2D eigenvalue weighted by atomic mass is 16.5. The van der Waals surface area contributed by atoms with Crippen molar-refractivity contribution in [1.82, 2.24) is 0 Å². The molecule has 0 spiro atoms. The fourth-order valence-corrected chi connectivity index (χ4v) is 1.87. The molecule has 20 heavy (non-hydrogen) atoms. The second kappa shape index (κ2) is 13.3. The van der Waals surface area contributed by atoms with Gasteiger partial charge in [-0.2, -0.15) is 0 Å². The topological polar surface area (TPSA) is 87.0 Å². The Balaban J connectivity index is 3.43. The number of carbonyl (C=O) groups is 1. The van der Waals surface area contributed by atoms with E-state index in [1.165, 1.54) is 19.3 Å². The van der Waals surface area contributed by atoms with Gasteiger partial charge >= 0.3 is 5.97 Å². The molecule has 0 rings (SSSR count). The van der Waals surface area contributed by atoms with E-state index in [1.54, 1.807) is 0 Å². The van der Waals surface area contributed by atoms with Crippen LogP contribution in [0.1, 0.15) is 64.7 Å². The standard InChI is InChI=1S/C15H30O5/c1-2-3-4-5-6-7-8-15(19)20-12-14(18)10-9-13(17)11-16/h13-14,16-18H,2-12H2,1H3/t13-,14+/m1/s1. The zero-order chi connectivity index (χ0) is 15.2. The lowest BCUT2D eigenvalue weighted by Gasteiger charge is -2.13. The molecule has 120 valence electrons. The van der Waals surface area contributed by atoms with E-state index in [0.717, 1.165) is 19.3 Å². The van der Waals surface area contributed by atoms with Gasteiger partial charge in [-0.15, -0.1) is 0 Å². The molecule has 5 heteroatoms. The predicted molar refractivity (Wildman–Crippen MR) is 77.3 cm³/mol. The molecule has 0 saturated heterocycles. The molecule has 2 atom stereocenters. The maximum atomic E-state index is 11.4. The van der Waals surface area contributed by atoms with Crippen LogP contribution in [0, 0.1) is 0 Å². The van der Waals surface area contributed by atoms with Gasteiger partial charge < -0.3 is 20.1 Å². The number of unbranched alkanes of at least 4 members (excludes halogenated alkanes) is 5.